The molecule has 0 spiro atoms. The van der Waals surface area contributed by atoms with Crippen LogP contribution in [0.4, 0.5) is 0 Å². The zero-order chi connectivity index (χ0) is 15.8. The maximum absolute atomic E-state index is 4.53. The molecule has 0 saturated carbocycles. The molecule has 0 atom stereocenters. The van der Waals surface area contributed by atoms with Gasteiger partial charge in [0.15, 0.2) is 0 Å². The third-order valence-corrected chi connectivity index (χ3v) is 4.22. The van der Waals surface area contributed by atoms with Gasteiger partial charge in [-0.2, -0.15) is 0 Å². The molecule has 0 radical (unpaired) electrons. The largest absolute Gasteiger partial charge is 0.328 e. The third kappa shape index (κ3) is 2.30. The maximum Gasteiger partial charge on any atom is 0.144 e. The highest BCUT2D eigenvalue weighted by Crippen LogP contribution is 2.31. The molecule has 0 fully saturated rings. The van der Waals surface area contributed by atoms with Gasteiger partial charge in [0.2, 0.25) is 0 Å². The molecule has 0 saturated heterocycles. The monoisotopic (exact) mass is 299 g/mol. The first-order valence-electron chi connectivity index (χ1n) is 7.67. The molecule has 0 unspecified atom stereocenters. The van der Waals surface area contributed by atoms with E-state index in [-0.39, 0.29) is 0 Å². The summed E-state index contributed by atoms with van der Waals surface area (Å²) >= 11 is 0. The van der Waals surface area contributed by atoms with Crippen LogP contribution in [0.15, 0.2) is 67.0 Å². The molecule has 0 aliphatic heterocycles. The zero-order valence-corrected chi connectivity index (χ0v) is 13.2. The van der Waals surface area contributed by atoms with E-state index in [2.05, 4.69) is 83.1 Å². The van der Waals surface area contributed by atoms with Crippen molar-refractivity contribution >= 4 is 11.0 Å². The minimum absolute atomic E-state index is 0.953. The molecule has 23 heavy (non-hydrogen) atoms. The quantitative estimate of drug-likeness (QED) is 0.541. The third-order valence-electron chi connectivity index (χ3n) is 4.22. The fraction of sp³-hybridized carbons (Fsp3) is 0.100. The summed E-state index contributed by atoms with van der Waals surface area (Å²) < 4.78 is 2.13. The van der Waals surface area contributed by atoms with E-state index >= 15 is 0 Å². The molecule has 4 rings (SSSR count). The van der Waals surface area contributed by atoms with Crippen LogP contribution in [0.25, 0.3) is 33.5 Å². The minimum atomic E-state index is 0.953. The molecule has 3 nitrogen and oxygen atoms in total. The van der Waals surface area contributed by atoms with Crippen LogP contribution in [0.3, 0.4) is 0 Å². The van der Waals surface area contributed by atoms with Gasteiger partial charge >= 0.3 is 0 Å². The van der Waals surface area contributed by atoms with Crippen molar-refractivity contribution in [1.29, 1.82) is 0 Å². The van der Waals surface area contributed by atoms with Gasteiger partial charge in [0.1, 0.15) is 12.0 Å². The second kappa shape index (κ2) is 5.36. The lowest BCUT2D eigenvalue weighted by atomic mass is 10.1. The zero-order valence-electron chi connectivity index (χ0n) is 13.2. The Morgan fingerprint density at radius 2 is 1.57 bits per heavy atom. The van der Waals surface area contributed by atoms with Crippen LogP contribution in [0.5, 0.6) is 0 Å². The molecule has 2 aromatic heterocycles. The second-order valence-electron chi connectivity index (χ2n) is 5.78. The SMILES string of the molecule is Cc1ccc(-c2ncnc3c2cc(-c2ccccc2)n3C)cc1. The highest BCUT2D eigenvalue weighted by Gasteiger charge is 2.13. The standard InChI is InChI=1S/C20H17N3/c1-14-8-10-16(11-9-14)19-17-12-18(15-6-4-3-5-7-15)23(2)20(17)22-13-21-19/h3-13H,1-2H3. The first-order chi connectivity index (χ1) is 11.2. The molecule has 3 heteroatoms. The van der Waals surface area contributed by atoms with E-state index in [1.165, 1.54) is 11.1 Å². The highest BCUT2D eigenvalue weighted by atomic mass is 15.0. The van der Waals surface area contributed by atoms with E-state index in [4.69, 9.17) is 0 Å². The normalized spacial score (nSPS) is 11.0. The number of hydrogen-bond acceptors (Lipinski definition) is 2. The Balaban J connectivity index is 1.96. The predicted octanol–water partition coefficient (Wildman–Crippen LogP) is 4.61. The van der Waals surface area contributed by atoms with E-state index in [9.17, 15) is 0 Å². The highest BCUT2D eigenvalue weighted by molar-refractivity contribution is 5.94. The molecular formula is C20H17N3. The number of aromatic nitrogens is 3. The summed E-state index contributed by atoms with van der Waals surface area (Å²) in [5, 5.41) is 1.08. The van der Waals surface area contributed by atoms with Gasteiger partial charge < -0.3 is 4.57 Å². The first-order valence-corrected chi connectivity index (χ1v) is 7.67. The van der Waals surface area contributed by atoms with Crippen molar-refractivity contribution in [1.82, 2.24) is 14.5 Å². The lowest BCUT2D eigenvalue weighted by molar-refractivity contribution is 0.952. The Morgan fingerprint density at radius 3 is 2.30 bits per heavy atom. The first kappa shape index (κ1) is 13.7. The number of fused-ring (bicyclic) bond motifs is 1. The number of benzene rings is 2. The van der Waals surface area contributed by atoms with Crippen LogP contribution in [0.2, 0.25) is 0 Å². The van der Waals surface area contributed by atoms with Crippen molar-refractivity contribution < 1.29 is 0 Å². The van der Waals surface area contributed by atoms with Crippen LogP contribution in [-0.2, 0) is 7.05 Å². The summed E-state index contributed by atoms with van der Waals surface area (Å²) in [6, 6.07) is 21.0. The van der Waals surface area contributed by atoms with Crippen molar-refractivity contribution in [3.8, 4) is 22.5 Å². The molecule has 0 amide bonds. The van der Waals surface area contributed by atoms with Crippen molar-refractivity contribution in [3.05, 3.63) is 72.6 Å². The molecule has 0 bridgehead atoms. The minimum Gasteiger partial charge on any atom is -0.328 e. The van der Waals surface area contributed by atoms with E-state index in [1.54, 1.807) is 6.33 Å². The molecule has 2 heterocycles. The molecular weight excluding hydrogens is 282 g/mol. The summed E-state index contributed by atoms with van der Waals surface area (Å²) in [5.74, 6) is 0. The summed E-state index contributed by atoms with van der Waals surface area (Å²) in [5.41, 5.74) is 6.63. The molecule has 4 aromatic rings. The predicted molar refractivity (Wildman–Crippen MR) is 94.1 cm³/mol. The molecule has 0 aliphatic rings. The second-order valence-corrected chi connectivity index (χ2v) is 5.78. The van der Waals surface area contributed by atoms with Gasteiger partial charge in [0, 0.05) is 18.0 Å². The lowest BCUT2D eigenvalue weighted by Gasteiger charge is -2.04. The van der Waals surface area contributed by atoms with Gasteiger partial charge in [-0.3, -0.25) is 0 Å². The number of rotatable bonds is 2. The maximum atomic E-state index is 4.53. The molecule has 2 aromatic carbocycles. The van der Waals surface area contributed by atoms with Gasteiger partial charge in [0.25, 0.3) is 0 Å². The van der Waals surface area contributed by atoms with Gasteiger partial charge in [-0.15, -0.1) is 0 Å². The summed E-state index contributed by atoms with van der Waals surface area (Å²) in [6.45, 7) is 2.09. The van der Waals surface area contributed by atoms with E-state index in [0.29, 0.717) is 0 Å². The Labute approximate surface area is 135 Å². The molecule has 0 N–H and O–H groups in total. The molecule has 0 aliphatic carbocycles. The summed E-state index contributed by atoms with van der Waals surface area (Å²) in [6.07, 6.45) is 1.65. The fourth-order valence-electron chi connectivity index (χ4n) is 2.96. The van der Waals surface area contributed by atoms with Crippen molar-refractivity contribution in [2.75, 3.05) is 0 Å². The summed E-state index contributed by atoms with van der Waals surface area (Å²) in [4.78, 5) is 9.01. The van der Waals surface area contributed by atoms with Gasteiger partial charge in [0.05, 0.1) is 11.4 Å². The lowest BCUT2D eigenvalue weighted by Crippen LogP contribution is -1.94. The van der Waals surface area contributed by atoms with Crippen molar-refractivity contribution in [2.24, 2.45) is 7.05 Å². The molecule has 112 valence electrons. The van der Waals surface area contributed by atoms with E-state index < -0.39 is 0 Å². The van der Waals surface area contributed by atoms with Gasteiger partial charge in [-0.25, -0.2) is 9.97 Å². The topological polar surface area (TPSA) is 30.7 Å². The van der Waals surface area contributed by atoms with E-state index in [0.717, 1.165) is 28.0 Å². The average molecular weight is 299 g/mol. The number of hydrogen-bond donors (Lipinski definition) is 0. The van der Waals surface area contributed by atoms with Crippen LogP contribution in [-0.4, -0.2) is 14.5 Å². The Bertz CT molecular complexity index is 967. The Kier molecular flexibility index (Phi) is 3.19. The number of nitrogens with zero attached hydrogens (tertiary/aromatic N) is 3. The smallest absolute Gasteiger partial charge is 0.144 e. The van der Waals surface area contributed by atoms with Crippen LogP contribution < -0.4 is 0 Å². The Hall–Kier alpha value is -2.94. The van der Waals surface area contributed by atoms with E-state index in [1.807, 2.05) is 6.07 Å². The van der Waals surface area contributed by atoms with Gasteiger partial charge in [-0.05, 0) is 18.6 Å². The Morgan fingerprint density at radius 1 is 0.826 bits per heavy atom. The van der Waals surface area contributed by atoms with Crippen LogP contribution in [0, 0.1) is 6.92 Å². The fourth-order valence-corrected chi connectivity index (χ4v) is 2.96. The van der Waals surface area contributed by atoms with Crippen molar-refractivity contribution in [3.63, 3.8) is 0 Å². The van der Waals surface area contributed by atoms with Crippen LogP contribution >= 0.6 is 0 Å². The number of aryl methyl sites for hydroxylation is 2. The average Bonchev–Trinajstić information content (AvgIpc) is 2.94. The van der Waals surface area contributed by atoms with Crippen molar-refractivity contribution in [2.45, 2.75) is 6.92 Å². The summed E-state index contributed by atoms with van der Waals surface area (Å²) in [7, 11) is 2.05. The van der Waals surface area contributed by atoms with Crippen LogP contribution in [0.1, 0.15) is 5.56 Å². The van der Waals surface area contributed by atoms with Gasteiger partial charge in [-0.1, -0.05) is 60.2 Å².